The fourth-order valence-corrected chi connectivity index (χ4v) is 0. The molecule has 0 heterocycles. The molecule has 0 unspecified atom stereocenters. The molecule has 20 valence electrons. The molecule has 0 aliphatic carbocycles. The minimum absolute atomic E-state index is 0. The number of hydrogen-bond donors (Lipinski definition) is 0. The molecule has 0 radical (unpaired) electrons. The van der Waals surface area contributed by atoms with E-state index >= 15 is 0 Å². The van der Waals surface area contributed by atoms with Gasteiger partial charge in [0.05, 0.1) is 0 Å². The second-order valence-electron chi connectivity index (χ2n) is 0.0680. The van der Waals surface area contributed by atoms with Crippen molar-refractivity contribution in [1.29, 1.82) is 0 Å². The predicted molar refractivity (Wildman–Crippen MR) is 5.75 cm³/mol. The Hall–Kier alpha value is 1.44. The van der Waals surface area contributed by atoms with Gasteiger partial charge < -0.3 is 0 Å². The van der Waals surface area contributed by atoms with Crippen LogP contribution in [0, 0.1) is 0 Å². The molecule has 0 aliphatic rings. The number of rotatable bonds is 0. The second kappa shape index (κ2) is 8.83. The van der Waals surface area contributed by atoms with E-state index in [1.54, 1.807) is 0 Å². The second-order valence-corrected chi connectivity index (χ2v) is 0.354. The Bertz CT molecular complexity index is 6.00. The van der Waals surface area contributed by atoms with Gasteiger partial charge >= 0.3 is 53.6 Å². The van der Waals surface area contributed by atoms with Crippen LogP contribution in [0.4, 0.5) is 0 Å². The van der Waals surface area contributed by atoms with Crippen molar-refractivity contribution in [2.24, 2.45) is 0 Å². The molecule has 0 rings (SSSR count). The molecule has 0 aromatic heterocycles. The van der Waals surface area contributed by atoms with E-state index in [1.807, 2.05) is 0 Å². The maximum absolute atomic E-state index is 8.44. The Morgan fingerprint density at radius 1 is 1.25 bits per heavy atom. The zero-order chi connectivity index (χ0) is 2.71. The summed E-state index contributed by atoms with van der Waals surface area (Å²) in [7, 11) is 0. The van der Waals surface area contributed by atoms with E-state index in [4.69, 9.17) is 8.38 Å². The van der Waals surface area contributed by atoms with E-state index in [-0.39, 0.29) is 29.6 Å². The fraction of sp³-hybridized carbons (Fsp3) is 0. The van der Waals surface area contributed by atoms with Gasteiger partial charge in [0.1, 0.15) is 0 Å². The topological polar surface area (TPSA) is 46.1 Å². The molecule has 0 N–H and O–H groups in total. The molecular weight excluding hydrogens is 134 g/mol. The van der Waals surface area contributed by atoms with Gasteiger partial charge in [0.25, 0.3) is 0 Å². The Kier molecular flexibility index (Phi) is 20.0. The predicted octanol–water partition coefficient (Wildman–Crippen LogP) is -5.75. The fourth-order valence-electron chi connectivity index (χ4n) is 0. The molecule has 0 fully saturated rings. The summed E-state index contributed by atoms with van der Waals surface area (Å²) in [4.78, 5) is 0. The Balaban J connectivity index is 0. The molecule has 0 aromatic rings. The van der Waals surface area contributed by atoms with Crippen molar-refractivity contribution >= 4 is 15.6 Å². The summed E-state index contributed by atoms with van der Waals surface area (Å²) in [6, 6.07) is 0. The standard InChI is InChI=1S/Na.H2O2Se/c;1-3-2/h;1-2H/q+1;/p-2. The van der Waals surface area contributed by atoms with Crippen LogP contribution in [0.15, 0.2) is 0 Å². The van der Waals surface area contributed by atoms with E-state index in [1.165, 1.54) is 0 Å². The molecule has 0 aromatic carbocycles. The third-order valence-corrected chi connectivity index (χ3v) is 0. The van der Waals surface area contributed by atoms with Crippen molar-refractivity contribution in [1.82, 2.24) is 0 Å². The molecule has 2 nitrogen and oxygen atoms in total. The summed E-state index contributed by atoms with van der Waals surface area (Å²) in [6.45, 7) is 0. The average molecular weight is 134 g/mol. The van der Waals surface area contributed by atoms with Gasteiger partial charge in [-0.05, 0) is 0 Å². The normalized spacial score (nSPS) is 4.50. The molecule has 0 saturated heterocycles. The van der Waals surface area contributed by atoms with Gasteiger partial charge in [-0.15, -0.1) is 0 Å². The quantitative estimate of drug-likeness (QED) is 0.310. The molecular formula is NaO2Se-. The van der Waals surface area contributed by atoms with E-state index < -0.39 is 15.6 Å². The van der Waals surface area contributed by atoms with Crippen molar-refractivity contribution in [3.63, 3.8) is 0 Å². The molecule has 0 spiro atoms. The van der Waals surface area contributed by atoms with Crippen molar-refractivity contribution in [3.8, 4) is 0 Å². The molecule has 0 aliphatic heterocycles. The molecule has 4 heavy (non-hydrogen) atoms. The van der Waals surface area contributed by atoms with Gasteiger partial charge in [0.15, 0.2) is 0 Å². The van der Waals surface area contributed by atoms with Crippen LogP contribution in [0.25, 0.3) is 0 Å². The Morgan fingerprint density at radius 2 is 1.25 bits per heavy atom. The van der Waals surface area contributed by atoms with Gasteiger partial charge in [0, 0.05) is 0 Å². The van der Waals surface area contributed by atoms with Crippen molar-refractivity contribution in [2.45, 2.75) is 0 Å². The summed E-state index contributed by atoms with van der Waals surface area (Å²) >= 11 is -1.62. The first-order chi connectivity index (χ1) is 1.41. The van der Waals surface area contributed by atoms with Crippen molar-refractivity contribution < 1.29 is 37.9 Å². The van der Waals surface area contributed by atoms with Crippen LogP contribution in [0.3, 0.4) is 0 Å². The molecule has 0 amide bonds. The first kappa shape index (κ1) is 9.06. The van der Waals surface area contributed by atoms with E-state index in [2.05, 4.69) is 0 Å². The van der Waals surface area contributed by atoms with Gasteiger partial charge in [0.2, 0.25) is 0 Å². The van der Waals surface area contributed by atoms with Crippen LogP contribution in [0.5, 0.6) is 0 Å². The first-order valence-electron chi connectivity index (χ1n) is 0.333. The van der Waals surface area contributed by atoms with Crippen molar-refractivity contribution in [3.05, 3.63) is 0 Å². The maximum atomic E-state index is 8.44. The zero-order valence-electron chi connectivity index (χ0n) is 2.22. The molecule has 0 saturated carbocycles. The monoisotopic (exact) mass is 135 g/mol. The third-order valence-electron chi connectivity index (χ3n) is 0. The molecule has 4 heteroatoms. The van der Waals surface area contributed by atoms with Crippen LogP contribution in [0.1, 0.15) is 0 Å². The summed E-state index contributed by atoms with van der Waals surface area (Å²) < 4.78 is 16.9. The van der Waals surface area contributed by atoms with Crippen LogP contribution >= 0.6 is 0 Å². The van der Waals surface area contributed by atoms with Crippen LogP contribution in [-0.2, 0) is 0 Å². The van der Waals surface area contributed by atoms with Crippen LogP contribution in [-0.4, -0.2) is 15.6 Å². The zero-order valence-corrected chi connectivity index (χ0v) is 5.94. The van der Waals surface area contributed by atoms with Gasteiger partial charge in [-0.25, -0.2) is 0 Å². The van der Waals surface area contributed by atoms with Crippen molar-refractivity contribution in [2.75, 3.05) is 0 Å². The van der Waals surface area contributed by atoms with Crippen LogP contribution in [0.2, 0.25) is 0 Å². The summed E-state index contributed by atoms with van der Waals surface area (Å²) in [5.74, 6) is 0. The molecule has 0 bridgehead atoms. The summed E-state index contributed by atoms with van der Waals surface area (Å²) in [6.07, 6.45) is 0. The van der Waals surface area contributed by atoms with E-state index in [0.29, 0.717) is 0 Å². The third kappa shape index (κ3) is 9.88. The van der Waals surface area contributed by atoms with E-state index in [0.717, 1.165) is 0 Å². The van der Waals surface area contributed by atoms with Gasteiger partial charge in [-0.2, -0.15) is 0 Å². The Labute approximate surface area is 53.3 Å². The van der Waals surface area contributed by atoms with Gasteiger partial charge in [-0.1, -0.05) is 0 Å². The van der Waals surface area contributed by atoms with Gasteiger partial charge in [-0.3, -0.25) is 0 Å². The SMILES string of the molecule is [Na+].[O-][Se][O-]. The van der Waals surface area contributed by atoms with Crippen LogP contribution < -0.4 is 37.9 Å². The molecule has 0 atom stereocenters. The van der Waals surface area contributed by atoms with E-state index in [9.17, 15) is 0 Å². The summed E-state index contributed by atoms with van der Waals surface area (Å²) in [5.41, 5.74) is 0. The first-order valence-corrected chi connectivity index (χ1v) is 1.73. The Morgan fingerprint density at radius 3 is 1.25 bits per heavy atom. The summed E-state index contributed by atoms with van der Waals surface area (Å²) in [5, 5.41) is 0. The minimum atomic E-state index is -1.62. The average Bonchev–Trinajstić information content (AvgIpc) is 0.918. The number of hydrogen-bond acceptors (Lipinski definition) is 2.